The van der Waals surface area contributed by atoms with Gasteiger partial charge in [-0.25, -0.2) is 4.98 Å². The minimum Gasteiger partial charge on any atom is -0.355 e. The molecule has 0 aliphatic heterocycles. The molecule has 152 valence electrons. The molecular formula is C23H28N4O2. The van der Waals surface area contributed by atoms with Gasteiger partial charge in [0, 0.05) is 24.6 Å². The number of hydrogen-bond acceptors (Lipinski definition) is 3. The molecular weight excluding hydrogens is 364 g/mol. The quantitative estimate of drug-likeness (QED) is 0.645. The first-order valence-corrected chi connectivity index (χ1v) is 9.94. The van der Waals surface area contributed by atoms with Gasteiger partial charge in [-0.15, -0.1) is 0 Å². The Morgan fingerprint density at radius 2 is 1.86 bits per heavy atom. The molecule has 0 spiro atoms. The number of carbonyl (C=O) groups excluding carboxylic acids is 2. The van der Waals surface area contributed by atoms with E-state index < -0.39 is 0 Å². The number of imidazole rings is 1. The van der Waals surface area contributed by atoms with Gasteiger partial charge in [0.2, 0.25) is 11.8 Å². The highest BCUT2D eigenvalue weighted by Gasteiger charge is 2.15. The van der Waals surface area contributed by atoms with Crippen LogP contribution in [0, 0.1) is 19.8 Å². The largest absolute Gasteiger partial charge is 0.355 e. The third kappa shape index (κ3) is 5.02. The van der Waals surface area contributed by atoms with Crippen LogP contribution in [-0.4, -0.2) is 27.9 Å². The van der Waals surface area contributed by atoms with Crippen LogP contribution < -0.4 is 10.6 Å². The molecule has 0 atom stereocenters. The number of fused-ring (bicyclic) bond motifs is 1. The number of para-hydroxylation sites is 2. The number of nitrogens with one attached hydrogen (secondary N) is 2. The van der Waals surface area contributed by atoms with Gasteiger partial charge in [0.05, 0.1) is 11.0 Å². The van der Waals surface area contributed by atoms with Crippen molar-refractivity contribution in [2.24, 2.45) is 5.92 Å². The molecule has 1 heterocycles. The van der Waals surface area contributed by atoms with E-state index in [4.69, 9.17) is 0 Å². The molecule has 0 fully saturated rings. The summed E-state index contributed by atoms with van der Waals surface area (Å²) in [4.78, 5) is 29.3. The van der Waals surface area contributed by atoms with Crippen LogP contribution in [0.2, 0.25) is 0 Å². The van der Waals surface area contributed by atoms with Crippen molar-refractivity contribution < 1.29 is 9.59 Å². The van der Waals surface area contributed by atoms with Crippen LogP contribution in [0.4, 0.5) is 5.69 Å². The Hall–Kier alpha value is -3.15. The molecule has 2 N–H and O–H groups in total. The lowest BCUT2D eigenvalue weighted by Crippen LogP contribution is -2.30. The molecule has 0 aliphatic carbocycles. The maximum Gasteiger partial charge on any atom is 0.244 e. The number of aromatic nitrogens is 2. The van der Waals surface area contributed by atoms with Crippen LogP contribution in [0.3, 0.4) is 0 Å². The first-order chi connectivity index (χ1) is 13.8. The molecule has 0 unspecified atom stereocenters. The van der Waals surface area contributed by atoms with Crippen LogP contribution >= 0.6 is 0 Å². The van der Waals surface area contributed by atoms with Crippen LogP contribution in [-0.2, 0) is 22.6 Å². The fourth-order valence-corrected chi connectivity index (χ4v) is 3.28. The Morgan fingerprint density at radius 3 is 2.59 bits per heavy atom. The van der Waals surface area contributed by atoms with Crippen LogP contribution in [0.25, 0.3) is 11.0 Å². The Kier molecular flexibility index (Phi) is 6.32. The van der Waals surface area contributed by atoms with Crippen molar-refractivity contribution in [1.29, 1.82) is 0 Å². The second-order valence-corrected chi connectivity index (χ2v) is 7.67. The minimum atomic E-state index is -0.104. The summed E-state index contributed by atoms with van der Waals surface area (Å²) >= 11 is 0. The molecule has 0 saturated heterocycles. The standard InChI is InChI=1S/C23H28N4O2/c1-15(2)23(29)24-12-11-21-25-19-7-5-6-8-20(19)27(21)14-22(28)26-18-10-9-16(3)13-17(18)4/h5-10,13,15H,11-12,14H2,1-4H3,(H,24,29)(H,26,28). The van der Waals surface area contributed by atoms with Gasteiger partial charge in [0.25, 0.3) is 0 Å². The zero-order valence-electron chi connectivity index (χ0n) is 17.5. The normalized spacial score (nSPS) is 11.1. The van der Waals surface area contributed by atoms with E-state index in [0.29, 0.717) is 13.0 Å². The highest BCUT2D eigenvalue weighted by atomic mass is 16.2. The minimum absolute atomic E-state index is 0.0141. The van der Waals surface area contributed by atoms with E-state index in [-0.39, 0.29) is 24.3 Å². The summed E-state index contributed by atoms with van der Waals surface area (Å²) in [6.07, 6.45) is 0.560. The van der Waals surface area contributed by atoms with Crippen LogP contribution in [0.15, 0.2) is 42.5 Å². The summed E-state index contributed by atoms with van der Waals surface area (Å²) < 4.78 is 1.93. The van der Waals surface area contributed by atoms with E-state index in [0.717, 1.165) is 33.7 Å². The fraction of sp³-hybridized carbons (Fsp3) is 0.348. The van der Waals surface area contributed by atoms with E-state index in [1.807, 2.05) is 74.7 Å². The highest BCUT2D eigenvalue weighted by molar-refractivity contribution is 5.92. The SMILES string of the molecule is Cc1ccc(NC(=O)Cn2c(CCNC(=O)C(C)C)nc3ccccc32)c(C)c1. The Balaban J connectivity index is 1.77. The molecule has 2 amide bonds. The molecule has 0 aliphatic rings. The maximum atomic E-state index is 12.8. The summed E-state index contributed by atoms with van der Waals surface area (Å²) in [6, 6.07) is 13.7. The molecule has 2 aromatic carbocycles. The van der Waals surface area contributed by atoms with Crippen LogP contribution in [0.5, 0.6) is 0 Å². The molecule has 0 bridgehead atoms. The second-order valence-electron chi connectivity index (χ2n) is 7.67. The first-order valence-electron chi connectivity index (χ1n) is 9.94. The fourth-order valence-electron chi connectivity index (χ4n) is 3.28. The molecule has 6 heteroatoms. The van der Waals surface area contributed by atoms with E-state index in [1.54, 1.807) is 0 Å². The Labute approximate surface area is 171 Å². The summed E-state index contributed by atoms with van der Waals surface area (Å²) in [7, 11) is 0. The second kappa shape index (κ2) is 8.90. The lowest BCUT2D eigenvalue weighted by molar-refractivity contribution is -0.124. The van der Waals surface area contributed by atoms with Gasteiger partial charge in [0.1, 0.15) is 12.4 Å². The van der Waals surface area contributed by atoms with Gasteiger partial charge in [0.15, 0.2) is 0 Å². The monoisotopic (exact) mass is 392 g/mol. The van der Waals surface area contributed by atoms with Crippen molar-refractivity contribution in [1.82, 2.24) is 14.9 Å². The first kappa shape index (κ1) is 20.6. The summed E-state index contributed by atoms with van der Waals surface area (Å²) in [5.74, 6) is 0.635. The van der Waals surface area contributed by atoms with Gasteiger partial charge in [-0.05, 0) is 37.6 Å². The van der Waals surface area contributed by atoms with E-state index in [1.165, 1.54) is 0 Å². The molecule has 3 rings (SSSR count). The summed E-state index contributed by atoms with van der Waals surface area (Å²) in [6.45, 7) is 8.39. The topological polar surface area (TPSA) is 76.0 Å². The number of carbonyl (C=O) groups is 2. The molecule has 1 aromatic heterocycles. The van der Waals surface area contributed by atoms with Crippen molar-refractivity contribution in [3.05, 3.63) is 59.4 Å². The van der Waals surface area contributed by atoms with E-state index >= 15 is 0 Å². The van der Waals surface area contributed by atoms with Crippen molar-refractivity contribution >= 4 is 28.5 Å². The highest BCUT2D eigenvalue weighted by Crippen LogP contribution is 2.19. The average Bonchev–Trinajstić information content (AvgIpc) is 3.01. The lowest BCUT2D eigenvalue weighted by Gasteiger charge is -2.12. The lowest BCUT2D eigenvalue weighted by atomic mass is 10.1. The zero-order valence-corrected chi connectivity index (χ0v) is 17.5. The third-order valence-corrected chi connectivity index (χ3v) is 4.86. The van der Waals surface area contributed by atoms with Crippen molar-refractivity contribution in [3.8, 4) is 0 Å². The maximum absolute atomic E-state index is 12.8. The van der Waals surface area contributed by atoms with Gasteiger partial charge < -0.3 is 15.2 Å². The molecule has 0 radical (unpaired) electrons. The molecule has 0 saturated carbocycles. The molecule has 3 aromatic rings. The summed E-state index contributed by atoms with van der Waals surface area (Å²) in [5.41, 5.74) is 4.76. The van der Waals surface area contributed by atoms with Crippen molar-refractivity contribution in [2.45, 2.75) is 40.7 Å². The Bertz CT molecular complexity index is 1040. The van der Waals surface area contributed by atoms with E-state index in [9.17, 15) is 9.59 Å². The Morgan fingerprint density at radius 1 is 1.10 bits per heavy atom. The number of benzene rings is 2. The average molecular weight is 393 g/mol. The number of amides is 2. The number of nitrogens with zero attached hydrogens (tertiary/aromatic N) is 2. The smallest absolute Gasteiger partial charge is 0.244 e. The van der Waals surface area contributed by atoms with Crippen molar-refractivity contribution in [3.63, 3.8) is 0 Å². The third-order valence-electron chi connectivity index (χ3n) is 4.86. The van der Waals surface area contributed by atoms with Gasteiger partial charge in [-0.2, -0.15) is 0 Å². The van der Waals surface area contributed by atoms with Gasteiger partial charge in [-0.3, -0.25) is 9.59 Å². The van der Waals surface area contributed by atoms with Gasteiger partial charge >= 0.3 is 0 Å². The van der Waals surface area contributed by atoms with Crippen LogP contribution in [0.1, 0.15) is 30.8 Å². The predicted octanol–water partition coefficient (Wildman–Crippen LogP) is 3.61. The van der Waals surface area contributed by atoms with Crippen molar-refractivity contribution in [2.75, 3.05) is 11.9 Å². The number of hydrogen-bond donors (Lipinski definition) is 2. The molecule has 6 nitrogen and oxygen atoms in total. The van der Waals surface area contributed by atoms with E-state index in [2.05, 4.69) is 15.6 Å². The van der Waals surface area contributed by atoms with Gasteiger partial charge in [-0.1, -0.05) is 43.7 Å². The summed E-state index contributed by atoms with van der Waals surface area (Å²) in [5, 5.41) is 5.91. The molecule has 29 heavy (non-hydrogen) atoms. The zero-order chi connectivity index (χ0) is 21.0. The predicted molar refractivity (Wildman–Crippen MR) is 116 cm³/mol. The number of aryl methyl sites for hydroxylation is 2. The number of anilines is 1. The number of rotatable bonds is 7.